The lowest BCUT2D eigenvalue weighted by molar-refractivity contribution is -0.137. The summed E-state index contributed by atoms with van der Waals surface area (Å²) < 4.78 is 1.64. The molecule has 0 bridgehead atoms. The third-order valence-corrected chi connectivity index (χ3v) is 3.58. The van der Waals surface area contributed by atoms with Crippen LogP contribution in [0.4, 0.5) is 0 Å². The van der Waals surface area contributed by atoms with Crippen LogP contribution in [0.1, 0.15) is 35.9 Å². The van der Waals surface area contributed by atoms with Gasteiger partial charge in [-0.2, -0.15) is 5.10 Å². The molecule has 0 aliphatic carbocycles. The monoisotopic (exact) mass is 335 g/mol. The highest BCUT2D eigenvalue weighted by molar-refractivity contribution is 6.30. The Morgan fingerprint density at radius 3 is 2.78 bits per heavy atom. The van der Waals surface area contributed by atoms with Gasteiger partial charge in [-0.15, -0.1) is 0 Å². The van der Waals surface area contributed by atoms with E-state index < -0.39 is 5.97 Å². The van der Waals surface area contributed by atoms with Crippen molar-refractivity contribution in [2.75, 3.05) is 0 Å². The Kier molecular flexibility index (Phi) is 5.39. The fourth-order valence-electron chi connectivity index (χ4n) is 2.16. The Labute approximate surface area is 139 Å². The summed E-state index contributed by atoms with van der Waals surface area (Å²) >= 11 is 5.98. The number of rotatable bonds is 6. The van der Waals surface area contributed by atoms with Gasteiger partial charge in [-0.05, 0) is 44.5 Å². The van der Waals surface area contributed by atoms with Crippen LogP contribution in [0.2, 0.25) is 5.02 Å². The van der Waals surface area contributed by atoms with E-state index in [2.05, 4.69) is 10.4 Å². The fourth-order valence-corrected chi connectivity index (χ4v) is 2.35. The van der Waals surface area contributed by atoms with E-state index >= 15 is 0 Å². The van der Waals surface area contributed by atoms with Crippen molar-refractivity contribution in [3.05, 3.63) is 46.7 Å². The molecule has 0 fully saturated rings. The van der Waals surface area contributed by atoms with E-state index in [1.165, 1.54) is 0 Å². The van der Waals surface area contributed by atoms with Gasteiger partial charge in [0.05, 0.1) is 5.69 Å². The molecular weight excluding hydrogens is 318 g/mol. The molecular formula is C16H18ClN3O3. The normalized spacial score (nSPS) is 12.0. The van der Waals surface area contributed by atoms with Crippen LogP contribution in [-0.4, -0.2) is 32.8 Å². The van der Waals surface area contributed by atoms with Crippen molar-refractivity contribution in [1.29, 1.82) is 0 Å². The highest BCUT2D eigenvalue weighted by Crippen LogP contribution is 2.17. The van der Waals surface area contributed by atoms with E-state index in [4.69, 9.17) is 16.7 Å². The largest absolute Gasteiger partial charge is 0.481 e. The summed E-state index contributed by atoms with van der Waals surface area (Å²) in [6.07, 6.45) is 0.381. The van der Waals surface area contributed by atoms with E-state index in [0.29, 0.717) is 11.4 Å². The first-order valence-electron chi connectivity index (χ1n) is 7.22. The Hall–Kier alpha value is -2.34. The summed E-state index contributed by atoms with van der Waals surface area (Å²) in [4.78, 5) is 22.8. The number of carboxylic acid groups (broad SMARTS) is 1. The van der Waals surface area contributed by atoms with Crippen molar-refractivity contribution < 1.29 is 14.7 Å². The maximum absolute atomic E-state index is 12.2. The summed E-state index contributed by atoms with van der Waals surface area (Å²) in [5, 5.41) is 16.3. The zero-order chi connectivity index (χ0) is 17.0. The number of carbonyl (C=O) groups excluding carboxylic acids is 1. The summed E-state index contributed by atoms with van der Waals surface area (Å²) in [6.45, 7) is 3.61. The lowest BCUT2D eigenvalue weighted by Crippen LogP contribution is -2.33. The molecule has 1 atom stereocenters. The summed E-state index contributed by atoms with van der Waals surface area (Å²) in [5.74, 6) is -1.21. The molecule has 0 aliphatic rings. The van der Waals surface area contributed by atoms with Crippen LogP contribution < -0.4 is 5.32 Å². The van der Waals surface area contributed by atoms with E-state index in [1.54, 1.807) is 29.8 Å². The van der Waals surface area contributed by atoms with Crippen LogP contribution in [0.5, 0.6) is 0 Å². The predicted molar refractivity (Wildman–Crippen MR) is 87.1 cm³/mol. The van der Waals surface area contributed by atoms with Gasteiger partial charge in [-0.25, -0.2) is 4.68 Å². The second-order valence-electron chi connectivity index (χ2n) is 5.37. The van der Waals surface area contributed by atoms with Gasteiger partial charge in [0, 0.05) is 23.2 Å². The van der Waals surface area contributed by atoms with Crippen molar-refractivity contribution in [3.8, 4) is 5.69 Å². The summed E-state index contributed by atoms with van der Waals surface area (Å²) in [5.41, 5.74) is 1.85. The molecule has 6 nitrogen and oxygen atoms in total. The van der Waals surface area contributed by atoms with Crippen LogP contribution in [0.3, 0.4) is 0 Å². The molecule has 1 heterocycles. The Morgan fingerprint density at radius 2 is 2.13 bits per heavy atom. The lowest BCUT2D eigenvalue weighted by Gasteiger charge is -2.11. The zero-order valence-electron chi connectivity index (χ0n) is 12.9. The number of benzene rings is 1. The van der Waals surface area contributed by atoms with Crippen molar-refractivity contribution in [1.82, 2.24) is 15.1 Å². The minimum Gasteiger partial charge on any atom is -0.481 e. The Bertz CT molecular complexity index is 727. The lowest BCUT2D eigenvalue weighted by atomic mass is 10.2. The smallest absolute Gasteiger partial charge is 0.303 e. The molecule has 2 aromatic rings. The highest BCUT2D eigenvalue weighted by Gasteiger charge is 2.16. The standard InChI is InChI=1S/C16H18ClN3O3/c1-10(6-7-15(21)22)18-16(23)14-8-11(2)20(19-14)13-5-3-4-12(17)9-13/h3-5,8-10H,6-7H2,1-2H3,(H,18,23)(H,21,22). The Morgan fingerprint density at radius 1 is 1.39 bits per heavy atom. The number of nitrogens with one attached hydrogen (secondary N) is 1. The van der Waals surface area contributed by atoms with Crippen molar-refractivity contribution >= 4 is 23.5 Å². The number of hydrogen-bond donors (Lipinski definition) is 2. The van der Waals surface area contributed by atoms with Gasteiger partial charge < -0.3 is 10.4 Å². The molecule has 7 heteroatoms. The van der Waals surface area contributed by atoms with Crippen LogP contribution in [0.15, 0.2) is 30.3 Å². The average molecular weight is 336 g/mol. The second-order valence-corrected chi connectivity index (χ2v) is 5.81. The zero-order valence-corrected chi connectivity index (χ0v) is 13.7. The SMILES string of the molecule is Cc1cc(C(=O)NC(C)CCC(=O)O)nn1-c1cccc(Cl)c1. The van der Waals surface area contributed by atoms with E-state index in [9.17, 15) is 9.59 Å². The molecule has 122 valence electrons. The first kappa shape index (κ1) is 17.0. The third kappa shape index (κ3) is 4.56. The molecule has 1 aromatic heterocycles. The average Bonchev–Trinajstić information content (AvgIpc) is 2.87. The molecule has 0 spiro atoms. The topological polar surface area (TPSA) is 84.2 Å². The number of halogens is 1. The van der Waals surface area contributed by atoms with E-state index in [1.807, 2.05) is 19.1 Å². The molecule has 23 heavy (non-hydrogen) atoms. The first-order chi connectivity index (χ1) is 10.9. The number of nitrogens with zero attached hydrogens (tertiary/aromatic N) is 2. The van der Waals surface area contributed by atoms with Crippen LogP contribution in [0, 0.1) is 6.92 Å². The van der Waals surface area contributed by atoms with Crippen molar-refractivity contribution in [2.24, 2.45) is 0 Å². The minimum atomic E-state index is -0.882. The number of carbonyl (C=O) groups is 2. The molecule has 0 radical (unpaired) electrons. The maximum Gasteiger partial charge on any atom is 0.303 e. The fraction of sp³-hybridized carbons (Fsp3) is 0.312. The van der Waals surface area contributed by atoms with E-state index in [-0.39, 0.29) is 24.1 Å². The number of aromatic nitrogens is 2. The predicted octanol–water partition coefficient (Wildman–Crippen LogP) is 2.82. The van der Waals surface area contributed by atoms with Crippen LogP contribution >= 0.6 is 11.6 Å². The highest BCUT2D eigenvalue weighted by atomic mass is 35.5. The second kappa shape index (κ2) is 7.28. The number of aliphatic carboxylic acids is 1. The van der Waals surface area contributed by atoms with Crippen molar-refractivity contribution in [3.63, 3.8) is 0 Å². The van der Waals surface area contributed by atoms with Gasteiger partial charge in [0.1, 0.15) is 0 Å². The van der Waals surface area contributed by atoms with Gasteiger partial charge in [0.25, 0.3) is 5.91 Å². The van der Waals surface area contributed by atoms with Crippen molar-refractivity contribution in [2.45, 2.75) is 32.7 Å². The van der Waals surface area contributed by atoms with Gasteiger partial charge >= 0.3 is 5.97 Å². The quantitative estimate of drug-likeness (QED) is 0.850. The molecule has 2 N–H and O–H groups in total. The number of hydrogen-bond acceptors (Lipinski definition) is 3. The molecule has 0 saturated carbocycles. The third-order valence-electron chi connectivity index (χ3n) is 3.34. The minimum absolute atomic E-state index is 0.0113. The summed E-state index contributed by atoms with van der Waals surface area (Å²) in [7, 11) is 0. The molecule has 0 aliphatic heterocycles. The van der Waals surface area contributed by atoms with Crippen LogP contribution in [0.25, 0.3) is 5.69 Å². The molecule has 1 amide bonds. The summed E-state index contributed by atoms with van der Waals surface area (Å²) in [6, 6.07) is 8.63. The number of amides is 1. The molecule has 1 unspecified atom stereocenters. The van der Waals surface area contributed by atoms with Gasteiger partial charge in [-0.3, -0.25) is 9.59 Å². The molecule has 2 rings (SSSR count). The van der Waals surface area contributed by atoms with Crippen LogP contribution in [-0.2, 0) is 4.79 Å². The molecule has 1 aromatic carbocycles. The van der Waals surface area contributed by atoms with E-state index in [0.717, 1.165) is 11.4 Å². The number of carboxylic acids is 1. The first-order valence-corrected chi connectivity index (χ1v) is 7.60. The Balaban J connectivity index is 2.11. The van der Waals surface area contributed by atoms with Gasteiger partial charge in [0.15, 0.2) is 5.69 Å². The molecule has 0 saturated heterocycles. The van der Waals surface area contributed by atoms with Gasteiger partial charge in [-0.1, -0.05) is 17.7 Å². The van der Waals surface area contributed by atoms with Gasteiger partial charge in [0.2, 0.25) is 0 Å². The maximum atomic E-state index is 12.2. The number of aryl methyl sites for hydroxylation is 1.